The van der Waals surface area contributed by atoms with Crippen LogP contribution in [0.15, 0.2) is 58.8 Å². The van der Waals surface area contributed by atoms with E-state index in [9.17, 15) is 26.7 Å². The lowest BCUT2D eigenvalue weighted by Gasteiger charge is -2.36. The molecule has 0 amide bonds. The first-order valence-corrected chi connectivity index (χ1v) is 11.5. The van der Waals surface area contributed by atoms with E-state index in [1.54, 1.807) is 27.7 Å². The molecular weight excluding hydrogens is 495 g/mol. The van der Waals surface area contributed by atoms with E-state index >= 15 is 0 Å². The van der Waals surface area contributed by atoms with Gasteiger partial charge in [-0.05, 0) is 58.4 Å². The number of hydrogen-bond donors (Lipinski definition) is 0. The van der Waals surface area contributed by atoms with Gasteiger partial charge in [-0.25, -0.2) is 26.9 Å². The van der Waals surface area contributed by atoms with Crippen molar-refractivity contribution in [2.75, 3.05) is 0 Å². The highest BCUT2D eigenvalue weighted by atomic mass is 19.3. The number of hydrogen-bond acceptors (Lipinski definition) is 5. The molecule has 0 bridgehead atoms. The van der Waals surface area contributed by atoms with Crippen LogP contribution in [0, 0.1) is 12.3 Å². The van der Waals surface area contributed by atoms with Gasteiger partial charge in [-0.1, -0.05) is 12.2 Å². The maximum atomic E-state index is 14.8. The van der Waals surface area contributed by atoms with E-state index < -0.39 is 47.4 Å². The van der Waals surface area contributed by atoms with Crippen LogP contribution in [-0.2, 0) is 4.79 Å². The zero-order valence-corrected chi connectivity index (χ0v) is 20.8. The molecule has 4 rings (SSSR count). The Morgan fingerprint density at radius 1 is 1.08 bits per heavy atom. The first-order valence-electron chi connectivity index (χ1n) is 11.5. The van der Waals surface area contributed by atoms with Crippen LogP contribution in [0.2, 0.25) is 0 Å². The second-order valence-electron chi connectivity index (χ2n) is 10.1. The predicted molar refractivity (Wildman–Crippen MR) is 129 cm³/mol. The minimum atomic E-state index is -2.96. The lowest BCUT2D eigenvalue weighted by atomic mass is 9.80. The molecule has 2 unspecified atom stereocenters. The molecule has 0 saturated carbocycles. The number of dihydropyridines is 1. The molecule has 0 spiro atoms. The molecule has 196 valence electrons. The van der Waals surface area contributed by atoms with Crippen LogP contribution in [0.5, 0.6) is 11.5 Å². The van der Waals surface area contributed by atoms with E-state index in [0.29, 0.717) is 5.56 Å². The number of allylic oxidation sites excluding steroid dienone is 3. The van der Waals surface area contributed by atoms with Gasteiger partial charge in [0, 0.05) is 23.1 Å². The van der Waals surface area contributed by atoms with Crippen molar-refractivity contribution in [1.29, 1.82) is 0 Å². The molecule has 2 aromatic rings. The summed E-state index contributed by atoms with van der Waals surface area (Å²) >= 11 is 0. The Hall–Kier alpha value is -3.56. The topological polar surface area (TPSA) is 60.8 Å². The number of fused-ring (bicyclic) bond motifs is 2. The molecule has 37 heavy (non-hydrogen) atoms. The van der Waals surface area contributed by atoms with Crippen molar-refractivity contribution in [3.63, 3.8) is 0 Å². The third-order valence-electron chi connectivity index (χ3n) is 6.10. The first-order chi connectivity index (χ1) is 17.2. The number of alkyl halides is 5. The Bertz CT molecular complexity index is 1390. The van der Waals surface area contributed by atoms with Crippen LogP contribution in [0.4, 0.5) is 22.0 Å². The molecule has 0 saturated heterocycles. The zero-order chi connectivity index (χ0) is 27.3. The number of aliphatic imine (C=N–C) groups is 1. The van der Waals surface area contributed by atoms with Crippen molar-refractivity contribution in [1.82, 2.24) is 4.98 Å². The number of rotatable bonds is 5. The number of carbonyl (C=O) groups excluding carboxylic acids is 1. The number of aryl methyl sites for hydroxylation is 1. The van der Waals surface area contributed by atoms with Crippen molar-refractivity contribution in [2.45, 2.75) is 59.2 Å². The molecule has 2 heterocycles. The summed E-state index contributed by atoms with van der Waals surface area (Å²) in [6, 6.07) is 3.87. The van der Waals surface area contributed by atoms with E-state index in [1.165, 1.54) is 37.3 Å². The van der Waals surface area contributed by atoms with Gasteiger partial charge in [0.2, 0.25) is 0 Å². The summed E-state index contributed by atoms with van der Waals surface area (Å²) in [6.07, 6.45) is -2.27. The molecule has 1 aliphatic heterocycles. The molecule has 10 heteroatoms. The number of carbonyl (C=O) groups is 1. The highest BCUT2D eigenvalue weighted by Gasteiger charge is 2.44. The van der Waals surface area contributed by atoms with Gasteiger partial charge >= 0.3 is 5.97 Å². The van der Waals surface area contributed by atoms with Crippen LogP contribution >= 0.6 is 0 Å². The number of pyridine rings is 1. The Kier molecular flexibility index (Phi) is 6.73. The first kappa shape index (κ1) is 26.5. The standard InChI is InChI=1S/C27H25F5N2O3/c1-13-9-16-14(20(11-17(33-16)23(29)30)37-25(35)26(2,3)4)10-19(13)36-21-12-18(24(31)32)34-27(5)15(21)7-6-8-22(27)28/h6-12,22-24H,1-5H3. The lowest BCUT2D eigenvalue weighted by molar-refractivity contribution is -0.142. The average molecular weight is 520 g/mol. The van der Waals surface area contributed by atoms with Crippen molar-refractivity contribution < 1.29 is 36.2 Å². The van der Waals surface area contributed by atoms with Crippen LogP contribution in [-0.4, -0.2) is 34.8 Å². The Balaban J connectivity index is 1.84. The van der Waals surface area contributed by atoms with Crippen molar-refractivity contribution in [3.05, 3.63) is 65.1 Å². The van der Waals surface area contributed by atoms with Crippen LogP contribution < -0.4 is 9.47 Å². The third kappa shape index (κ3) is 5.01. The molecule has 0 radical (unpaired) electrons. The van der Waals surface area contributed by atoms with Gasteiger partial charge in [0.05, 0.1) is 10.9 Å². The fourth-order valence-electron chi connectivity index (χ4n) is 3.94. The number of aromatic nitrogens is 1. The molecule has 1 aromatic heterocycles. The quantitative estimate of drug-likeness (QED) is 0.314. The molecule has 1 aliphatic carbocycles. The summed E-state index contributed by atoms with van der Waals surface area (Å²) in [7, 11) is 0. The molecule has 0 N–H and O–H groups in total. The summed E-state index contributed by atoms with van der Waals surface area (Å²) in [5, 5.41) is 0.199. The van der Waals surface area contributed by atoms with Crippen LogP contribution in [0.25, 0.3) is 10.9 Å². The maximum absolute atomic E-state index is 14.8. The number of ether oxygens (including phenoxy) is 2. The van der Waals surface area contributed by atoms with E-state index in [0.717, 1.165) is 12.1 Å². The van der Waals surface area contributed by atoms with Gasteiger partial charge < -0.3 is 9.47 Å². The monoisotopic (exact) mass is 520 g/mol. The Labute approximate surface area is 210 Å². The highest BCUT2D eigenvalue weighted by Crippen LogP contribution is 2.42. The predicted octanol–water partition coefficient (Wildman–Crippen LogP) is 7.01. The SMILES string of the molecule is Cc1cc2nc(C(F)F)cc(OC(=O)C(C)(C)C)c2cc1OC1=CC(C(F)F)=NC2(C)C1=CC=CC2F. The minimum Gasteiger partial charge on any atom is -0.457 e. The molecule has 5 nitrogen and oxygen atoms in total. The van der Waals surface area contributed by atoms with E-state index in [2.05, 4.69) is 9.98 Å². The number of halogens is 5. The molecule has 2 atom stereocenters. The van der Waals surface area contributed by atoms with Crippen LogP contribution in [0.1, 0.15) is 45.4 Å². The zero-order valence-electron chi connectivity index (χ0n) is 20.8. The van der Waals surface area contributed by atoms with Crippen molar-refractivity contribution in [2.24, 2.45) is 10.4 Å². The summed E-state index contributed by atoms with van der Waals surface area (Å²) in [5.74, 6) is -0.680. The second kappa shape index (κ2) is 9.39. The number of benzene rings is 1. The number of nitrogens with zero attached hydrogens (tertiary/aromatic N) is 2. The minimum absolute atomic E-state index is 0.0346. The van der Waals surface area contributed by atoms with Gasteiger partial charge in [-0.2, -0.15) is 0 Å². The summed E-state index contributed by atoms with van der Waals surface area (Å²) in [4.78, 5) is 20.5. The van der Waals surface area contributed by atoms with Crippen molar-refractivity contribution in [3.8, 4) is 11.5 Å². The summed E-state index contributed by atoms with van der Waals surface area (Å²) in [5.41, 5.74) is -2.92. The maximum Gasteiger partial charge on any atom is 0.316 e. The summed E-state index contributed by atoms with van der Waals surface area (Å²) in [6.45, 7) is 7.86. The number of esters is 1. The second-order valence-corrected chi connectivity index (χ2v) is 10.1. The highest BCUT2D eigenvalue weighted by molar-refractivity contribution is 6.00. The summed E-state index contributed by atoms with van der Waals surface area (Å²) < 4.78 is 80.6. The van der Waals surface area contributed by atoms with E-state index in [1.807, 2.05) is 0 Å². The lowest BCUT2D eigenvalue weighted by Crippen LogP contribution is -2.42. The van der Waals surface area contributed by atoms with Gasteiger partial charge in [-0.3, -0.25) is 9.79 Å². The molecule has 2 aliphatic rings. The molecule has 1 aromatic carbocycles. The largest absolute Gasteiger partial charge is 0.457 e. The van der Waals surface area contributed by atoms with Gasteiger partial charge in [0.1, 0.15) is 40.4 Å². The van der Waals surface area contributed by atoms with E-state index in [-0.39, 0.29) is 33.7 Å². The molecule has 0 fully saturated rings. The fourth-order valence-corrected chi connectivity index (χ4v) is 3.94. The molecular formula is C27H25F5N2O3. The van der Waals surface area contributed by atoms with Gasteiger partial charge in [0.25, 0.3) is 12.9 Å². The normalized spacial score (nSPS) is 21.5. The Morgan fingerprint density at radius 2 is 1.78 bits per heavy atom. The third-order valence-corrected chi connectivity index (χ3v) is 6.10. The average Bonchev–Trinajstić information content (AvgIpc) is 2.79. The van der Waals surface area contributed by atoms with Crippen LogP contribution in [0.3, 0.4) is 0 Å². The Morgan fingerprint density at radius 3 is 2.41 bits per heavy atom. The van der Waals surface area contributed by atoms with Gasteiger partial charge in [-0.15, -0.1) is 0 Å². The van der Waals surface area contributed by atoms with Crippen molar-refractivity contribution >= 4 is 22.6 Å². The fraction of sp³-hybridized carbons (Fsp3) is 0.370. The van der Waals surface area contributed by atoms with E-state index in [4.69, 9.17) is 9.47 Å². The smallest absolute Gasteiger partial charge is 0.316 e. The van der Waals surface area contributed by atoms with Gasteiger partial charge in [0.15, 0.2) is 0 Å².